The molecule has 0 radical (unpaired) electrons. The Morgan fingerprint density at radius 1 is 0.962 bits per heavy atom. The average molecular weight is 405 g/mol. The van der Waals surface area contributed by atoms with Gasteiger partial charge in [0.1, 0.15) is 0 Å². The zero-order valence-electron chi connectivity index (χ0n) is 17.7. The molecule has 0 aliphatic carbocycles. The SMILES string of the molecule is CCCCCCSC(SCCCCCC)C(=NOC(=O)NC)C(C)(C)C. The molecule has 0 saturated heterocycles. The summed E-state index contributed by atoms with van der Waals surface area (Å²) in [5, 5.41) is 6.72. The fourth-order valence-electron chi connectivity index (χ4n) is 2.31. The van der Waals surface area contributed by atoms with Crippen molar-refractivity contribution >= 4 is 35.3 Å². The fraction of sp³-hybridized carbons (Fsp3) is 0.900. The van der Waals surface area contributed by atoms with Gasteiger partial charge in [0.25, 0.3) is 0 Å². The number of amides is 1. The van der Waals surface area contributed by atoms with Gasteiger partial charge in [-0.15, -0.1) is 23.5 Å². The standard InChI is InChI=1S/C20H40N2O2S2/c1-7-9-11-13-15-25-18(26-16-14-12-10-8-2)17(20(3,4)5)22-24-19(23)21-6/h18H,7-16H2,1-6H3,(H,21,23). The second-order valence-corrected chi connectivity index (χ2v) is 10.3. The van der Waals surface area contributed by atoms with Gasteiger partial charge in [0.05, 0.1) is 10.3 Å². The van der Waals surface area contributed by atoms with Gasteiger partial charge < -0.3 is 5.32 Å². The van der Waals surface area contributed by atoms with Crippen LogP contribution in [-0.4, -0.2) is 34.9 Å². The van der Waals surface area contributed by atoms with Crippen LogP contribution in [0.5, 0.6) is 0 Å². The Labute approximate surface area is 170 Å². The van der Waals surface area contributed by atoms with Gasteiger partial charge in [0.2, 0.25) is 0 Å². The van der Waals surface area contributed by atoms with Crippen molar-refractivity contribution in [3.8, 4) is 0 Å². The second kappa shape index (κ2) is 15.7. The Morgan fingerprint density at radius 3 is 1.85 bits per heavy atom. The van der Waals surface area contributed by atoms with Crippen LogP contribution in [0.1, 0.15) is 86.0 Å². The van der Waals surface area contributed by atoms with Crippen molar-refractivity contribution in [2.75, 3.05) is 18.6 Å². The van der Waals surface area contributed by atoms with E-state index in [9.17, 15) is 4.79 Å². The quantitative estimate of drug-likeness (QED) is 0.115. The highest BCUT2D eigenvalue weighted by molar-refractivity contribution is 8.18. The number of carbonyl (C=O) groups is 1. The molecule has 0 bridgehead atoms. The van der Waals surface area contributed by atoms with Crippen LogP contribution in [0, 0.1) is 5.41 Å². The van der Waals surface area contributed by atoms with Gasteiger partial charge >= 0.3 is 6.09 Å². The van der Waals surface area contributed by atoms with Crippen LogP contribution in [0.2, 0.25) is 0 Å². The minimum absolute atomic E-state index is 0.133. The van der Waals surface area contributed by atoms with Crippen molar-refractivity contribution in [3.05, 3.63) is 0 Å². The average Bonchev–Trinajstić information content (AvgIpc) is 2.59. The lowest BCUT2D eigenvalue weighted by Crippen LogP contribution is -2.31. The first-order valence-electron chi connectivity index (χ1n) is 10.1. The topological polar surface area (TPSA) is 50.7 Å². The molecular formula is C20H40N2O2S2. The highest BCUT2D eigenvalue weighted by atomic mass is 32.2. The molecule has 1 amide bonds. The van der Waals surface area contributed by atoms with E-state index in [0.29, 0.717) is 0 Å². The molecule has 0 heterocycles. The number of hydrogen-bond donors (Lipinski definition) is 1. The fourth-order valence-corrected chi connectivity index (χ4v) is 5.56. The molecular weight excluding hydrogens is 364 g/mol. The van der Waals surface area contributed by atoms with Crippen LogP contribution < -0.4 is 5.32 Å². The van der Waals surface area contributed by atoms with E-state index in [1.807, 2.05) is 23.5 Å². The van der Waals surface area contributed by atoms with E-state index in [4.69, 9.17) is 4.84 Å². The molecule has 0 rings (SSSR count). The van der Waals surface area contributed by atoms with Crippen molar-refractivity contribution in [1.82, 2.24) is 5.32 Å². The largest absolute Gasteiger partial charge is 0.433 e. The summed E-state index contributed by atoms with van der Waals surface area (Å²) in [4.78, 5) is 16.5. The third kappa shape index (κ3) is 12.9. The monoisotopic (exact) mass is 404 g/mol. The van der Waals surface area contributed by atoms with Crippen LogP contribution in [0.15, 0.2) is 5.16 Å². The van der Waals surface area contributed by atoms with E-state index in [1.54, 1.807) is 7.05 Å². The predicted molar refractivity (Wildman–Crippen MR) is 119 cm³/mol. The maximum Gasteiger partial charge on any atom is 0.433 e. The van der Waals surface area contributed by atoms with E-state index < -0.39 is 6.09 Å². The molecule has 0 aromatic heterocycles. The minimum atomic E-state index is -0.508. The number of oxime groups is 1. The van der Waals surface area contributed by atoms with E-state index in [-0.39, 0.29) is 10.00 Å². The van der Waals surface area contributed by atoms with E-state index >= 15 is 0 Å². The molecule has 0 aliphatic rings. The lowest BCUT2D eigenvalue weighted by Gasteiger charge is -2.27. The summed E-state index contributed by atoms with van der Waals surface area (Å²) in [5.41, 5.74) is 0.827. The molecule has 154 valence electrons. The maximum atomic E-state index is 11.5. The van der Waals surface area contributed by atoms with Crippen LogP contribution in [0.3, 0.4) is 0 Å². The number of hydrogen-bond acceptors (Lipinski definition) is 5. The Morgan fingerprint density at radius 2 is 1.46 bits per heavy atom. The number of nitrogens with zero attached hydrogens (tertiary/aromatic N) is 1. The third-order valence-corrected chi connectivity index (χ3v) is 6.87. The molecule has 0 unspecified atom stereocenters. The Kier molecular flexibility index (Phi) is 15.5. The lowest BCUT2D eigenvalue weighted by molar-refractivity contribution is 0.151. The summed E-state index contributed by atoms with van der Waals surface area (Å²) >= 11 is 3.90. The van der Waals surface area contributed by atoms with Gasteiger partial charge in [-0.25, -0.2) is 4.79 Å². The number of rotatable bonds is 14. The van der Waals surface area contributed by atoms with Crippen LogP contribution in [-0.2, 0) is 4.84 Å². The summed E-state index contributed by atoms with van der Waals surface area (Å²) in [5.74, 6) is 2.25. The molecule has 26 heavy (non-hydrogen) atoms. The summed E-state index contributed by atoms with van der Waals surface area (Å²) < 4.78 is 0.239. The first kappa shape index (κ1) is 25.6. The number of carbonyl (C=O) groups excluding carboxylic acids is 1. The molecule has 0 atom stereocenters. The first-order chi connectivity index (χ1) is 12.4. The normalized spacial score (nSPS) is 12.5. The predicted octanol–water partition coefficient (Wildman–Crippen LogP) is 6.70. The Balaban J connectivity index is 4.90. The molecule has 0 aromatic carbocycles. The lowest BCUT2D eigenvalue weighted by atomic mass is 9.91. The number of nitrogens with one attached hydrogen (secondary N) is 1. The highest BCUT2D eigenvalue weighted by Gasteiger charge is 2.29. The van der Waals surface area contributed by atoms with Gasteiger partial charge in [-0.1, -0.05) is 78.3 Å². The van der Waals surface area contributed by atoms with E-state index in [1.165, 1.54) is 51.4 Å². The van der Waals surface area contributed by atoms with Gasteiger partial charge in [0.15, 0.2) is 0 Å². The summed E-state index contributed by atoms with van der Waals surface area (Å²) in [6, 6.07) is 0. The second-order valence-electron chi connectivity index (χ2n) is 7.55. The Bertz CT molecular complexity index is 382. The summed E-state index contributed by atoms with van der Waals surface area (Å²) in [7, 11) is 1.55. The molecule has 0 aliphatic heterocycles. The van der Waals surface area contributed by atoms with Crippen molar-refractivity contribution in [3.63, 3.8) is 0 Å². The highest BCUT2D eigenvalue weighted by Crippen LogP contribution is 2.34. The van der Waals surface area contributed by atoms with E-state index in [0.717, 1.165) is 17.2 Å². The van der Waals surface area contributed by atoms with Crippen LogP contribution in [0.25, 0.3) is 0 Å². The number of thioether (sulfide) groups is 2. The minimum Gasteiger partial charge on any atom is -0.323 e. The summed E-state index contributed by atoms with van der Waals surface area (Å²) in [6.07, 6.45) is 9.65. The van der Waals surface area contributed by atoms with Gasteiger partial charge in [-0.05, 0) is 24.3 Å². The van der Waals surface area contributed by atoms with Crippen molar-refractivity contribution in [1.29, 1.82) is 0 Å². The van der Waals surface area contributed by atoms with Crippen molar-refractivity contribution < 1.29 is 9.63 Å². The molecule has 6 heteroatoms. The molecule has 0 saturated carbocycles. The Hall–Kier alpha value is -0.360. The zero-order chi connectivity index (χ0) is 19.8. The zero-order valence-corrected chi connectivity index (χ0v) is 19.4. The number of unbranched alkanes of at least 4 members (excludes halogenated alkanes) is 6. The molecule has 4 nitrogen and oxygen atoms in total. The maximum absolute atomic E-state index is 11.5. The first-order valence-corrected chi connectivity index (χ1v) is 12.2. The van der Waals surface area contributed by atoms with Gasteiger partial charge in [0, 0.05) is 12.5 Å². The van der Waals surface area contributed by atoms with Crippen LogP contribution >= 0.6 is 23.5 Å². The molecule has 0 fully saturated rings. The molecule has 0 spiro atoms. The third-order valence-electron chi connectivity index (χ3n) is 3.96. The molecule has 1 N–H and O–H groups in total. The van der Waals surface area contributed by atoms with Crippen molar-refractivity contribution in [2.45, 2.75) is 90.6 Å². The smallest absolute Gasteiger partial charge is 0.323 e. The van der Waals surface area contributed by atoms with Crippen LogP contribution in [0.4, 0.5) is 4.79 Å². The van der Waals surface area contributed by atoms with Crippen molar-refractivity contribution in [2.24, 2.45) is 10.6 Å². The van der Waals surface area contributed by atoms with Gasteiger partial charge in [-0.3, -0.25) is 4.84 Å². The summed E-state index contributed by atoms with van der Waals surface area (Å²) in [6.45, 7) is 10.9. The van der Waals surface area contributed by atoms with Gasteiger partial charge in [-0.2, -0.15) is 0 Å². The molecule has 0 aromatic rings. The van der Waals surface area contributed by atoms with E-state index in [2.05, 4.69) is 45.1 Å².